The SMILES string of the molecule is COCCCNC(c1ccccc1)c1ccc(C)cc1C. The average Bonchev–Trinajstić information content (AvgIpc) is 2.49. The van der Waals surface area contributed by atoms with Gasteiger partial charge in [0, 0.05) is 13.7 Å². The zero-order valence-electron chi connectivity index (χ0n) is 13.2. The third kappa shape index (κ3) is 4.42. The number of hydrogen-bond acceptors (Lipinski definition) is 2. The molecule has 0 aliphatic rings. The molecule has 0 saturated heterocycles. The Hall–Kier alpha value is -1.64. The number of rotatable bonds is 7. The van der Waals surface area contributed by atoms with E-state index in [1.165, 1.54) is 22.3 Å². The standard InChI is InChI=1S/C19H25NO/c1-15-10-11-18(16(2)14-15)19(20-12-7-13-21-3)17-8-5-4-6-9-17/h4-6,8-11,14,19-20H,7,12-13H2,1-3H3. The van der Waals surface area contributed by atoms with Crippen LogP contribution in [0, 0.1) is 13.8 Å². The molecule has 1 N–H and O–H groups in total. The summed E-state index contributed by atoms with van der Waals surface area (Å²) in [6, 6.07) is 17.6. The first-order valence-electron chi connectivity index (χ1n) is 7.57. The molecule has 0 spiro atoms. The molecule has 2 rings (SSSR count). The van der Waals surface area contributed by atoms with Crippen LogP contribution in [-0.2, 0) is 4.74 Å². The summed E-state index contributed by atoms with van der Waals surface area (Å²) in [6.45, 7) is 6.07. The molecule has 1 unspecified atom stereocenters. The van der Waals surface area contributed by atoms with E-state index in [1.807, 2.05) is 0 Å². The first-order valence-corrected chi connectivity index (χ1v) is 7.57. The summed E-state index contributed by atoms with van der Waals surface area (Å²) in [7, 11) is 1.75. The fourth-order valence-corrected chi connectivity index (χ4v) is 2.67. The highest BCUT2D eigenvalue weighted by molar-refractivity contribution is 5.38. The molecule has 21 heavy (non-hydrogen) atoms. The normalized spacial score (nSPS) is 12.3. The van der Waals surface area contributed by atoms with Crippen molar-refractivity contribution in [2.75, 3.05) is 20.3 Å². The van der Waals surface area contributed by atoms with Gasteiger partial charge in [0.05, 0.1) is 6.04 Å². The Labute approximate surface area is 128 Å². The van der Waals surface area contributed by atoms with Gasteiger partial charge < -0.3 is 10.1 Å². The number of ether oxygens (including phenoxy) is 1. The van der Waals surface area contributed by atoms with Crippen LogP contribution in [0.25, 0.3) is 0 Å². The maximum Gasteiger partial charge on any atom is 0.0579 e. The molecule has 0 fully saturated rings. The number of hydrogen-bond donors (Lipinski definition) is 1. The van der Waals surface area contributed by atoms with E-state index in [-0.39, 0.29) is 6.04 Å². The Bertz CT molecular complexity index is 551. The molecule has 0 aliphatic heterocycles. The second-order valence-corrected chi connectivity index (χ2v) is 5.50. The van der Waals surface area contributed by atoms with E-state index in [1.54, 1.807) is 7.11 Å². The second-order valence-electron chi connectivity index (χ2n) is 5.50. The molecule has 2 nitrogen and oxygen atoms in total. The predicted octanol–water partition coefficient (Wildman–Crippen LogP) is 4.02. The predicted molar refractivity (Wildman–Crippen MR) is 88.7 cm³/mol. The van der Waals surface area contributed by atoms with Crippen molar-refractivity contribution in [1.29, 1.82) is 0 Å². The van der Waals surface area contributed by atoms with Crippen molar-refractivity contribution in [3.05, 3.63) is 70.8 Å². The quantitative estimate of drug-likeness (QED) is 0.775. The van der Waals surface area contributed by atoms with E-state index < -0.39 is 0 Å². The van der Waals surface area contributed by atoms with Crippen LogP contribution in [0.3, 0.4) is 0 Å². The summed E-state index contributed by atoms with van der Waals surface area (Å²) < 4.78 is 5.13. The molecule has 0 aliphatic carbocycles. The fraction of sp³-hybridized carbons (Fsp3) is 0.368. The van der Waals surface area contributed by atoms with E-state index in [2.05, 4.69) is 67.7 Å². The lowest BCUT2D eigenvalue weighted by atomic mass is 9.94. The number of nitrogens with one attached hydrogen (secondary N) is 1. The van der Waals surface area contributed by atoms with E-state index in [0.717, 1.165) is 19.6 Å². The van der Waals surface area contributed by atoms with Gasteiger partial charge in [-0.25, -0.2) is 0 Å². The fourth-order valence-electron chi connectivity index (χ4n) is 2.67. The van der Waals surface area contributed by atoms with Gasteiger partial charge in [0.15, 0.2) is 0 Å². The molecule has 112 valence electrons. The minimum absolute atomic E-state index is 0.239. The third-order valence-electron chi connectivity index (χ3n) is 3.74. The smallest absolute Gasteiger partial charge is 0.0579 e. The summed E-state index contributed by atoms with van der Waals surface area (Å²) in [5, 5.41) is 3.67. The summed E-state index contributed by atoms with van der Waals surface area (Å²) in [4.78, 5) is 0. The molecule has 0 aromatic heterocycles. The van der Waals surface area contributed by atoms with Gasteiger partial charge in [0.2, 0.25) is 0 Å². The molecule has 0 bridgehead atoms. The van der Waals surface area contributed by atoms with Crippen molar-refractivity contribution in [3.8, 4) is 0 Å². The van der Waals surface area contributed by atoms with Gasteiger partial charge in [0.1, 0.15) is 0 Å². The lowest BCUT2D eigenvalue weighted by Crippen LogP contribution is -2.25. The van der Waals surface area contributed by atoms with Crippen molar-refractivity contribution in [3.63, 3.8) is 0 Å². The van der Waals surface area contributed by atoms with E-state index in [9.17, 15) is 0 Å². The Morgan fingerprint density at radius 1 is 1.05 bits per heavy atom. The topological polar surface area (TPSA) is 21.3 Å². The summed E-state index contributed by atoms with van der Waals surface area (Å²) >= 11 is 0. The highest BCUT2D eigenvalue weighted by Crippen LogP contribution is 2.25. The molecule has 0 saturated carbocycles. The zero-order valence-corrected chi connectivity index (χ0v) is 13.2. The minimum Gasteiger partial charge on any atom is -0.385 e. The van der Waals surface area contributed by atoms with Crippen LogP contribution in [0.5, 0.6) is 0 Å². The van der Waals surface area contributed by atoms with Crippen LogP contribution >= 0.6 is 0 Å². The molecular weight excluding hydrogens is 258 g/mol. The number of benzene rings is 2. The van der Waals surface area contributed by atoms with Gasteiger partial charge in [-0.2, -0.15) is 0 Å². The van der Waals surface area contributed by atoms with Crippen molar-refractivity contribution in [2.45, 2.75) is 26.3 Å². The van der Waals surface area contributed by atoms with Gasteiger partial charge in [0.25, 0.3) is 0 Å². The Balaban J connectivity index is 2.23. The third-order valence-corrected chi connectivity index (χ3v) is 3.74. The molecule has 2 aromatic rings. The number of aryl methyl sites for hydroxylation is 2. The molecule has 2 aromatic carbocycles. The Morgan fingerprint density at radius 3 is 2.48 bits per heavy atom. The van der Waals surface area contributed by atoms with Gasteiger partial charge in [-0.15, -0.1) is 0 Å². The van der Waals surface area contributed by atoms with Crippen LogP contribution < -0.4 is 5.32 Å². The number of methoxy groups -OCH3 is 1. The van der Waals surface area contributed by atoms with Gasteiger partial charge in [-0.3, -0.25) is 0 Å². The molecule has 2 heteroatoms. The summed E-state index contributed by atoms with van der Waals surface area (Å²) in [5.41, 5.74) is 5.30. The first kappa shape index (κ1) is 15.7. The lowest BCUT2D eigenvalue weighted by molar-refractivity contribution is 0.193. The van der Waals surface area contributed by atoms with Crippen molar-refractivity contribution >= 4 is 0 Å². The van der Waals surface area contributed by atoms with Crippen molar-refractivity contribution in [2.24, 2.45) is 0 Å². The van der Waals surface area contributed by atoms with Crippen LogP contribution in [0.2, 0.25) is 0 Å². The van der Waals surface area contributed by atoms with Crippen LogP contribution in [-0.4, -0.2) is 20.3 Å². The largest absolute Gasteiger partial charge is 0.385 e. The van der Waals surface area contributed by atoms with Crippen molar-refractivity contribution in [1.82, 2.24) is 5.32 Å². The molecule has 0 amide bonds. The molecule has 0 heterocycles. The van der Waals surface area contributed by atoms with Crippen LogP contribution in [0.15, 0.2) is 48.5 Å². The van der Waals surface area contributed by atoms with Crippen LogP contribution in [0.1, 0.15) is 34.7 Å². The monoisotopic (exact) mass is 283 g/mol. The summed E-state index contributed by atoms with van der Waals surface area (Å²) in [5.74, 6) is 0. The van der Waals surface area contributed by atoms with Crippen molar-refractivity contribution < 1.29 is 4.74 Å². The van der Waals surface area contributed by atoms with E-state index in [4.69, 9.17) is 4.74 Å². The second kappa shape index (κ2) is 7.96. The molecule has 0 radical (unpaired) electrons. The van der Waals surface area contributed by atoms with Crippen LogP contribution in [0.4, 0.5) is 0 Å². The average molecular weight is 283 g/mol. The maximum atomic E-state index is 5.13. The Morgan fingerprint density at radius 2 is 1.81 bits per heavy atom. The highest BCUT2D eigenvalue weighted by Gasteiger charge is 2.15. The maximum absolute atomic E-state index is 5.13. The minimum atomic E-state index is 0.239. The van der Waals surface area contributed by atoms with E-state index in [0.29, 0.717) is 0 Å². The Kier molecular flexibility index (Phi) is 5.97. The van der Waals surface area contributed by atoms with Gasteiger partial charge in [-0.1, -0.05) is 54.1 Å². The van der Waals surface area contributed by atoms with E-state index >= 15 is 0 Å². The van der Waals surface area contributed by atoms with Gasteiger partial charge >= 0.3 is 0 Å². The zero-order chi connectivity index (χ0) is 15.1. The summed E-state index contributed by atoms with van der Waals surface area (Å²) in [6.07, 6.45) is 1.02. The lowest BCUT2D eigenvalue weighted by Gasteiger charge is -2.22. The first-order chi connectivity index (χ1) is 10.2. The molecular formula is C19H25NO. The van der Waals surface area contributed by atoms with Gasteiger partial charge in [-0.05, 0) is 43.5 Å². The molecule has 1 atom stereocenters. The highest BCUT2D eigenvalue weighted by atomic mass is 16.5.